The molecular weight excluding hydrogens is 395 g/mol. The molecular formula is C24H31FN4O2. The molecule has 0 spiro atoms. The van der Waals surface area contributed by atoms with Crippen molar-refractivity contribution in [3.8, 4) is 11.8 Å². The molecule has 3 rings (SSSR count). The maximum absolute atomic E-state index is 12.2. The number of aromatic nitrogens is 2. The topological polar surface area (TPSA) is 91.1 Å². The fourth-order valence-electron chi connectivity index (χ4n) is 4.19. The van der Waals surface area contributed by atoms with Crippen molar-refractivity contribution in [3.63, 3.8) is 0 Å². The summed E-state index contributed by atoms with van der Waals surface area (Å²) in [6.45, 7) is 4.42. The maximum Gasteiger partial charge on any atom is 0.222 e. The Kier molecular flexibility index (Phi) is 7.80. The summed E-state index contributed by atoms with van der Waals surface area (Å²) in [5, 5.41) is 22.9. The number of aliphatic hydroxyl groups excluding tert-OH is 1. The zero-order chi connectivity index (χ0) is 22.3. The average molecular weight is 427 g/mol. The van der Waals surface area contributed by atoms with E-state index in [9.17, 15) is 14.8 Å². The Morgan fingerprint density at radius 3 is 2.74 bits per heavy atom. The summed E-state index contributed by atoms with van der Waals surface area (Å²) in [6.07, 6.45) is 5.45. The second kappa shape index (κ2) is 10.5. The van der Waals surface area contributed by atoms with Crippen LogP contribution in [0.3, 0.4) is 0 Å². The molecule has 0 aliphatic heterocycles. The van der Waals surface area contributed by atoms with E-state index in [4.69, 9.17) is 4.74 Å². The molecule has 6 nitrogen and oxygen atoms in total. The number of ether oxygens (including phenoxy) is 1. The van der Waals surface area contributed by atoms with Crippen molar-refractivity contribution in [1.29, 1.82) is 5.26 Å². The van der Waals surface area contributed by atoms with Gasteiger partial charge in [-0.2, -0.15) is 5.26 Å². The Morgan fingerprint density at radius 1 is 1.29 bits per heavy atom. The summed E-state index contributed by atoms with van der Waals surface area (Å²) in [6, 6.07) is 9.80. The van der Waals surface area contributed by atoms with Crippen LogP contribution in [0.2, 0.25) is 0 Å². The van der Waals surface area contributed by atoms with Crippen LogP contribution in [0.15, 0.2) is 30.5 Å². The lowest BCUT2D eigenvalue weighted by molar-refractivity contribution is -0.00748. The molecule has 166 valence electrons. The van der Waals surface area contributed by atoms with Crippen LogP contribution in [0, 0.1) is 22.7 Å². The Hall–Kier alpha value is -2.72. The monoisotopic (exact) mass is 426 g/mol. The van der Waals surface area contributed by atoms with Crippen molar-refractivity contribution < 1.29 is 14.2 Å². The van der Waals surface area contributed by atoms with Crippen LogP contribution in [0.5, 0.6) is 5.75 Å². The maximum atomic E-state index is 12.2. The van der Waals surface area contributed by atoms with Crippen molar-refractivity contribution in [2.75, 3.05) is 25.1 Å². The molecule has 1 heterocycles. The molecule has 1 fully saturated rings. The highest BCUT2D eigenvalue weighted by atomic mass is 19.1. The number of halogens is 1. The van der Waals surface area contributed by atoms with Gasteiger partial charge in [-0.25, -0.2) is 14.4 Å². The number of nitrogens with zero attached hydrogens (tertiary/aromatic N) is 3. The van der Waals surface area contributed by atoms with Crippen LogP contribution in [0.1, 0.15) is 49.9 Å². The molecule has 2 N–H and O–H groups in total. The number of rotatable bonds is 9. The quantitative estimate of drug-likeness (QED) is 0.628. The standard InChI is InChI=1S/C24H31FN4O2/c1-24(2)14-18(5-8-22(24)30)13-21-19(15-26)16-28-23(29-21)27-11-9-17-3-6-20(7-4-17)31-12-10-25/h3-4,6-7,16,18,22,30H,5,8-14H2,1-2H3,(H,27,28,29)/t18-,22-/m0/s1. The van der Waals surface area contributed by atoms with Crippen molar-refractivity contribution in [2.45, 2.75) is 52.1 Å². The molecule has 31 heavy (non-hydrogen) atoms. The minimum absolute atomic E-state index is 0.0677. The largest absolute Gasteiger partial charge is 0.491 e. The molecule has 2 aromatic rings. The molecule has 2 atom stereocenters. The van der Waals surface area contributed by atoms with Crippen molar-refractivity contribution >= 4 is 5.95 Å². The fraction of sp³-hybridized carbons (Fsp3) is 0.542. The van der Waals surface area contributed by atoms with Gasteiger partial charge < -0.3 is 15.2 Å². The summed E-state index contributed by atoms with van der Waals surface area (Å²) < 4.78 is 17.4. The van der Waals surface area contributed by atoms with E-state index < -0.39 is 6.67 Å². The molecule has 0 saturated heterocycles. The number of alkyl halides is 1. The first kappa shape index (κ1) is 23.0. The van der Waals surface area contributed by atoms with Gasteiger partial charge in [0.05, 0.1) is 23.6 Å². The van der Waals surface area contributed by atoms with Crippen LogP contribution in [0.25, 0.3) is 0 Å². The van der Waals surface area contributed by atoms with E-state index >= 15 is 0 Å². The third-order valence-electron chi connectivity index (χ3n) is 6.00. The molecule has 1 aliphatic carbocycles. The third kappa shape index (κ3) is 6.38. The predicted octanol–water partition coefficient (Wildman–Crippen LogP) is 4.08. The van der Waals surface area contributed by atoms with Crippen LogP contribution in [0.4, 0.5) is 10.3 Å². The number of nitrogens with one attached hydrogen (secondary N) is 1. The molecule has 1 saturated carbocycles. The van der Waals surface area contributed by atoms with Gasteiger partial charge in [0.1, 0.15) is 25.1 Å². The summed E-state index contributed by atoms with van der Waals surface area (Å²) in [4.78, 5) is 8.90. The molecule has 0 bridgehead atoms. The number of benzene rings is 1. The van der Waals surface area contributed by atoms with Gasteiger partial charge >= 0.3 is 0 Å². The van der Waals surface area contributed by atoms with Crippen LogP contribution in [-0.2, 0) is 12.8 Å². The number of aliphatic hydroxyl groups is 1. The first-order valence-electron chi connectivity index (χ1n) is 10.9. The van der Waals surface area contributed by atoms with Gasteiger partial charge in [0.15, 0.2) is 0 Å². The SMILES string of the molecule is CC1(C)C[C@H](Cc2nc(NCCc3ccc(OCCF)cc3)ncc2C#N)CC[C@@H]1O. The highest BCUT2D eigenvalue weighted by Gasteiger charge is 2.35. The molecule has 0 amide bonds. The molecule has 0 unspecified atom stereocenters. The molecule has 1 aromatic heterocycles. The smallest absolute Gasteiger partial charge is 0.222 e. The van der Waals surface area contributed by atoms with Gasteiger partial charge in [-0.15, -0.1) is 0 Å². The lowest BCUT2D eigenvalue weighted by atomic mass is 9.69. The van der Waals surface area contributed by atoms with Gasteiger partial charge in [-0.3, -0.25) is 0 Å². The second-order valence-electron chi connectivity index (χ2n) is 8.88. The van der Waals surface area contributed by atoms with Gasteiger partial charge in [0.25, 0.3) is 0 Å². The van der Waals surface area contributed by atoms with Gasteiger partial charge in [0.2, 0.25) is 5.95 Å². The zero-order valence-electron chi connectivity index (χ0n) is 18.3. The molecule has 7 heteroatoms. The van der Waals surface area contributed by atoms with Gasteiger partial charge in [-0.1, -0.05) is 26.0 Å². The zero-order valence-corrected chi connectivity index (χ0v) is 18.3. The van der Waals surface area contributed by atoms with E-state index in [1.807, 2.05) is 24.3 Å². The minimum atomic E-state index is -0.501. The Bertz CT molecular complexity index is 895. The van der Waals surface area contributed by atoms with E-state index in [1.54, 1.807) is 6.20 Å². The normalized spacial score (nSPS) is 20.1. The molecule has 1 aliphatic rings. The lowest BCUT2D eigenvalue weighted by Gasteiger charge is -2.39. The second-order valence-corrected chi connectivity index (χ2v) is 8.88. The minimum Gasteiger partial charge on any atom is -0.491 e. The number of nitriles is 1. The van der Waals surface area contributed by atoms with E-state index in [-0.39, 0.29) is 18.1 Å². The Labute approximate surface area is 183 Å². The van der Waals surface area contributed by atoms with Crippen molar-refractivity contribution in [1.82, 2.24) is 9.97 Å². The van der Waals surface area contributed by atoms with E-state index in [0.29, 0.717) is 29.7 Å². The lowest BCUT2D eigenvalue weighted by Crippen LogP contribution is -2.37. The summed E-state index contributed by atoms with van der Waals surface area (Å²) in [5.41, 5.74) is 2.29. The third-order valence-corrected chi connectivity index (χ3v) is 6.00. The van der Waals surface area contributed by atoms with Gasteiger partial charge in [-0.05, 0) is 61.1 Å². The summed E-state index contributed by atoms with van der Waals surface area (Å²) >= 11 is 0. The van der Waals surface area contributed by atoms with E-state index in [1.165, 1.54) is 0 Å². The highest BCUT2D eigenvalue weighted by molar-refractivity contribution is 5.37. The van der Waals surface area contributed by atoms with Gasteiger partial charge in [0, 0.05) is 6.54 Å². The van der Waals surface area contributed by atoms with E-state index in [0.717, 1.165) is 43.4 Å². The highest BCUT2D eigenvalue weighted by Crippen LogP contribution is 2.40. The predicted molar refractivity (Wildman–Crippen MR) is 118 cm³/mol. The summed E-state index contributed by atoms with van der Waals surface area (Å²) in [5.74, 6) is 1.58. The first-order valence-corrected chi connectivity index (χ1v) is 10.9. The summed E-state index contributed by atoms with van der Waals surface area (Å²) in [7, 11) is 0. The number of hydrogen-bond acceptors (Lipinski definition) is 6. The average Bonchev–Trinajstić information content (AvgIpc) is 2.76. The van der Waals surface area contributed by atoms with Crippen LogP contribution in [-0.4, -0.2) is 41.0 Å². The Morgan fingerprint density at radius 2 is 2.06 bits per heavy atom. The Balaban J connectivity index is 1.57. The van der Waals surface area contributed by atoms with Crippen molar-refractivity contribution in [2.24, 2.45) is 11.3 Å². The molecule has 1 aromatic carbocycles. The van der Waals surface area contributed by atoms with Crippen molar-refractivity contribution in [3.05, 3.63) is 47.3 Å². The van der Waals surface area contributed by atoms with Crippen LogP contribution >= 0.6 is 0 Å². The number of anilines is 1. The molecule has 0 radical (unpaired) electrons. The van der Waals surface area contributed by atoms with Crippen LogP contribution < -0.4 is 10.1 Å². The first-order chi connectivity index (χ1) is 14.9. The number of hydrogen-bond donors (Lipinski definition) is 2. The van der Waals surface area contributed by atoms with E-state index in [2.05, 4.69) is 35.2 Å². The fourth-order valence-corrected chi connectivity index (χ4v) is 4.19.